The summed E-state index contributed by atoms with van der Waals surface area (Å²) in [5.41, 5.74) is 2.27. The molecule has 0 heterocycles. The third-order valence-corrected chi connectivity index (χ3v) is 4.70. The summed E-state index contributed by atoms with van der Waals surface area (Å²) in [5.74, 6) is 0.750. The lowest BCUT2D eigenvalue weighted by atomic mass is 10.0. The normalized spacial score (nSPS) is 11.0. The number of halogens is 2. The minimum atomic E-state index is -0.431. The van der Waals surface area contributed by atoms with Crippen LogP contribution in [0.4, 0.5) is 4.39 Å². The maximum atomic E-state index is 14.0. The van der Waals surface area contributed by atoms with Crippen LogP contribution >= 0.6 is 15.9 Å². The molecule has 0 aliphatic heterocycles. The Hall–Kier alpha value is -3.10. The van der Waals surface area contributed by atoms with Gasteiger partial charge in [0.2, 0.25) is 0 Å². The van der Waals surface area contributed by atoms with Gasteiger partial charge in [-0.3, -0.25) is 0 Å². The predicted molar refractivity (Wildman–Crippen MR) is 116 cm³/mol. The van der Waals surface area contributed by atoms with Crippen LogP contribution in [0.2, 0.25) is 0 Å². The highest BCUT2D eigenvalue weighted by molar-refractivity contribution is 9.10. The van der Waals surface area contributed by atoms with Crippen LogP contribution in [-0.4, -0.2) is 6.61 Å². The summed E-state index contributed by atoms with van der Waals surface area (Å²) in [6.07, 6.45) is 1.64. The number of nitriles is 1. The van der Waals surface area contributed by atoms with Crippen molar-refractivity contribution >= 4 is 27.6 Å². The summed E-state index contributed by atoms with van der Waals surface area (Å²) >= 11 is 3.42. The molecule has 29 heavy (non-hydrogen) atoms. The van der Waals surface area contributed by atoms with Crippen molar-refractivity contribution in [3.8, 4) is 17.6 Å². The van der Waals surface area contributed by atoms with Crippen molar-refractivity contribution < 1.29 is 13.9 Å². The van der Waals surface area contributed by atoms with E-state index in [2.05, 4.69) is 22.0 Å². The first-order valence-electron chi connectivity index (χ1n) is 9.11. The molecule has 3 nitrogen and oxygen atoms in total. The predicted octanol–water partition coefficient (Wildman–Crippen LogP) is 6.63. The van der Waals surface area contributed by atoms with Crippen molar-refractivity contribution in [2.45, 2.75) is 13.5 Å². The molecule has 0 saturated heterocycles. The van der Waals surface area contributed by atoms with Crippen LogP contribution in [0.5, 0.6) is 11.5 Å². The first-order valence-corrected chi connectivity index (χ1v) is 9.90. The zero-order chi connectivity index (χ0) is 20.6. The monoisotopic (exact) mass is 451 g/mol. The van der Waals surface area contributed by atoms with Gasteiger partial charge in [-0.1, -0.05) is 52.3 Å². The molecule has 3 aromatic carbocycles. The molecule has 0 bridgehead atoms. The summed E-state index contributed by atoms with van der Waals surface area (Å²) in [6, 6.07) is 21.6. The van der Waals surface area contributed by atoms with E-state index in [1.165, 1.54) is 6.07 Å². The van der Waals surface area contributed by atoms with E-state index in [-0.39, 0.29) is 11.1 Å². The Kier molecular flexibility index (Phi) is 7.04. The molecule has 0 spiro atoms. The molecule has 0 aromatic heterocycles. The molecule has 0 saturated carbocycles. The van der Waals surface area contributed by atoms with Crippen molar-refractivity contribution in [1.29, 1.82) is 5.26 Å². The van der Waals surface area contributed by atoms with Crippen molar-refractivity contribution in [2.75, 3.05) is 6.61 Å². The van der Waals surface area contributed by atoms with Crippen LogP contribution in [-0.2, 0) is 6.61 Å². The van der Waals surface area contributed by atoms with Gasteiger partial charge in [0, 0.05) is 10.0 Å². The molecule has 146 valence electrons. The van der Waals surface area contributed by atoms with E-state index in [1.807, 2.05) is 37.3 Å². The van der Waals surface area contributed by atoms with Crippen LogP contribution in [0.15, 0.2) is 71.2 Å². The Morgan fingerprint density at radius 2 is 1.79 bits per heavy atom. The molecule has 0 radical (unpaired) electrons. The Bertz CT molecular complexity index is 1060. The number of hydrogen-bond donors (Lipinski definition) is 0. The molecular formula is C24H19BrFNO2. The van der Waals surface area contributed by atoms with Gasteiger partial charge in [-0.05, 0) is 54.5 Å². The molecule has 0 fully saturated rings. The van der Waals surface area contributed by atoms with E-state index < -0.39 is 5.82 Å². The van der Waals surface area contributed by atoms with Crippen molar-refractivity contribution in [3.05, 3.63) is 93.7 Å². The summed E-state index contributed by atoms with van der Waals surface area (Å²) in [7, 11) is 0. The molecule has 0 N–H and O–H groups in total. The third-order valence-electron chi connectivity index (χ3n) is 4.17. The molecule has 3 rings (SSSR count). The maximum absolute atomic E-state index is 14.0. The fraction of sp³-hybridized carbons (Fsp3) is 0.125. The van der Waals surface area contributed by atoms with E-state index in [4.69, 9.17) is 9.47 Å². The van der Waals surface area contributed by atoms with Crippen LogP contribution < -0.4 is 9.47 Å². The van der Waals surface area contributed by atoms with Gasteiger partial charge in [-0.2, -0.15) is 5.26 Å². The average molecular weight is 452 g/mol. The minimum absolute atomic E-state index is 0.245. The van der Waals surface area contributed by atoms with Crippen molar-refractivity contribution in [2.24, 2.45) is 0 Å². The highest BCUT2D eigenvalue weighted by Crippen LogP contribution is 2.31. The second kappa shape index (κ2) is 9.90. The molecule has 0 aliphatic carbocycles. The first-order chi connectivity index (χ1) is 14.1. The Morgan fingerprint density at radius 1 is 1.03 bits per heavy atom. The van der Waals surface area contributed by atoms with E-state index in [0.717, 1.165) is 15.6 Å². The quantitative estimate of drug-likeness (QED) is 0.299. The molecule has 0 aliphatic rings. The van der Waals surface area contributed by atoms with Gasteiger partial charge in [0.15, 0.2) is 11.5 Å². The van der Waals surface area contributed by atoms with E-state index >= 15 is 0 Å². The van der Waals surface area contributed by atoms with Gasteiger partial charge < -0.3 is 9.47 Å². The van der Waals surface area contributed by atoms with E-state index in [0.29, 0.717) is 24.7 Å². The number of hydrogen-bond acceptors (Lipinski definition) is 3. The maximum Gasteiger partial charge on any atom is 0.161 e. The number of nitrogens with zero attached hydrogens (tertiary/aromatic N) is 1. The number of ether oxygens (including phenoxy) is 2. The highest BCUT2D eigenvalue weighted by Gasteiger charge is 2.10. The zero-order valence-electron chi connectivity index (χ0n) is 15.9. The molecule has 5 heteroatoms. The summed E-state index contributed by atoms with van der Waals surface area (Å²) < 4.78 is 26.7. The largest absolute Gasteiger partial charge is 0.490 e. The fourth-order valence-electron chi connectivity index (χ4n) is 2.76. The number of allylic oxidation sites excluding steroid dienone is 1. The fourth-order valence-corrected chi connectivity index (χ4v) is 3.02. The molecule has 0 atom stereocenters. The summed E-state index contributed by atoms with van der Waals surface area (Å²) in [5, 5.41) is 9.48. The molecule has 0 amide bonds. The number of benzene rings is 3. The van der Waals surface area contributed by atoms with Crippen LogP contribution in [0, 0.1) is 17.1 Å². The topological polar surface area (TPSA) is 42.2 Å². The van der Waals surface area contributed by atoms with Crippen molar-refractivity contribution in [1.82, 2.24) is 0 Å². The zero-order valence-corrected chi connectivity index (χ0v) is 17.4. The Morgan fingerprint density at radius 3 is 2.48 bits per heavy atom. The lowest BCUT2D eigenvalue weighted by Gasteiger charge is -2.13. The van der Waals surface area contributed by atoms with Crippen molar-refractivity contribution in [3.63, 3.8) is 0 Å². The van der Waals surface area contributed by atoms with Crippen LogP contribution in [0.1, 0.15) is 23.6 Å². The average Bonchev–Trinajstić information content (AvgIpc) is 2.73. The van der Waals surface area contributed by atoms with E-state index in [9.17, 15) is 9.65 Å². The SMILES string of the molecule is CCOc1cc(C=C(C#N)c2ccccc2F)ccc1OCc1ccc(Br)cc1. The van der Waals surface area contributed by atoms with Gasteiger partial charge in [-0.25, -0.2) is 4.39 Å². The second-order valence-corrected chi connectivity index (χ2v) is 7.12. The van der Waals surface area contributed by atoms with Gasteiger partial charge in [0.1, 0.15) is 12.4 Å². The number of rotatable bonds is 7. The lowest BCUT2D eigenvalue weighted by Crippen LogP contribution is -2.00. The first kappa shape index (κ1) is 20.6. The smallest absolute Gasteiger partial charge is 0.161 e. The lowest BCUT2D eigenvalue weighted by molar-refractivity contribution is 0.269. The summed E-state index contributed by atoms with van der Waals surface area (Å²) in [6.45, 7) is 2.77. The minimum Gasteiger partial charge on any atom is -0.490 e. The van der Waals surface area contributed by atoms with Gasteiger partial charge in [0.25, 0.3) is 0 Å². The van der Waals surface area contributed by atoms with Crippen LogP contribution in [0.3, 0.4) is 0 Å². The second-order valence-electron chi connectivity index (χ2n) is 6.20. The Balaban J connectivity index is 1.86. The van der Waals surface area contributed by atoms with Gasteiger partial charge >= 0.3 is 0 Å². The molecular weight excluding hydrogens is 433 g/mol. The summed E-state index contributed by atoms with van der Waals surface area (Å²) in [4.78, 5) is 0. The highest BCUT2D eigenvalue weighted by atomic mass is 79.9. The molecule has 3 aromatic rings. The molecule has 0 unspecified atom stereocenters. The third kappa shape index (κ3) is 5.46. The van der Waals surface area contributed by atoms with Gasteiger partial charge in [-0.15, -0.1) is 0 Å². The standard InChI is InChI=1S/C24H19BrFNO2/c1-2-28-24-14-18(13-19(15-27)21-5-3-4-6-22(21)26)9-12-23(24)29-16-17-7-10-20(25)11-8-17/h3-14H,2,16H2,1H3. The Labute approximate surface area is 178 Å². The van der Waals surface area contributed by atoms with E-state index in [1.54, 1.807) is 36.4 Å². The van der Waals surface area contributed by atoms with Crippen LogP contribution in [0.25, 0.3) is 11.6 Å². The van der Waals surface area contributed by atoms with Gasteiger partial charge in [0.05, 0.1) is 18.2 Å².